The summed E-state index contributed by atoms with van der Waals surface area (Å²) in [6.07, 6.45) is 10.4. The zero-order chi connectivity index (χ0) is 11.8. The Hall–Kier alpha value is -0.300. The highest BCUT2D eigenvalue weighted by molar-refractivity contribution is 5.19. The third-order valence-corrected chi connectivity index (χ3v) is 5.11. The molecular weight excluding hydrogens is 196 g/mol. The lowest BCUT2D eigenvalue weighted by Gasteiger charge is -2.53. The molecule has 0 amide bonds. The van der Waals surface area contributed by atoms with Crippen molar-refractivity contribution in [3.63, 3.8) is 0 Å². The van der Waals surface area contributed by atoms with Crippen LogP contribution < -0.4 is 0 Å². The summed E-state index contributed by atoms with van der Waals surface area (Å²) in [6, 6.07) is 0. The van der Waals surface area contributed by atoms with Crippen molar-refractivity contribution in [1.29, 1.82) is 0 Å². The predicted molar refractivity (Wildman–Crippen MR) is 68.3 cm³/mol. The van der Waals surface area contributed by atoms with Crippen LogP contribution >= 0.6 is 0 Å². The summed E-state index contributed by atoms with van der Waals surface area (Å²) in [7, 11) is 0. The van der Waals surface area contributed by atoms with Gasteiger partial charge in [0.05, 0.1) is 5.60 Å². The van der Waals surface area contributed by atoms with Gasteiger partial charge in [-0.1, -0.05) is 32.4 Å². The van der Waals surface area contributed by atoms with E-state index in [1.807, 2.05) is 0 Å². The van der Waals surface area contributed by atoms with Gasteiger partial charge in [-0.2, -0.15) is 0 Å². The molecule has 16 heavy (non-hydrogen) atoms. The predicted octanol–water partition coefficient (Wildman–Crippen LogP) is 4.06. The van der Waals surface area contributed by atoms with Crippen molar-refractivity contribution in [2.75, 3.05) is 0 Å². The molecule has 1 fully saturated rings. The molecule has 2 rings (SSSR count). The molecule has 1 N–H and O–H groups in total. The lowest BCUT2D eigenvalue weighted by atomic mass is 9.55. The fourth-order valence-electron chi connectivity index (χ4n) is 4.25. The molecule has 1 heteroatoms. The van der Waals surface area contributed by atoms with E-state index >= 15 is 0 Å². The van der Waals surface area contributed by atoms with Gasteiger partial charge < -0.3 is 5.11 Å². The van der Waals surface area contributed by atoms with Gasteiger partial charge in [0.1, 0.15) is 0 Å². The first kappa shape index (κ1) is 12.2. The van der Waals surface area contributed by atoms with Gasteiger partial charge in [0.15, 0.2) is 0 Å². The van der Waals surface area contributed by atoms with Crippen LogP contribution in [0.5, 0.6) is 0 Å². The van der Waals surface area contributed by atoms with Crippen LogP contribution in [0.3, 0.4) is 0 Å². The molecule has 92 valence electrons. The van der Waals surface area contributed by atoms with Crippen LogP contribution in [-0.2, 0) is 0 Å². The molecule has 2 atom stereocenters. The average Bonchev–Trinajstić information content (AvgIpc) is 2.27. The van der Waals surface area contributed by atoms with Gasteiger partial charge in [0.25, 0.3) is 0 Å². The van der Waals surface area contributed by atoms with Crippen LogP contribution in [0, 0.1) is 11.3 Å². The van der Waals surface area contributed by atoms with Crippen molar-refractivity contribution in [1.82, 2.24) is 0 Å². The first-order valence-corrected chi connectivity index (χ1v) is 6.97. The average molecular weight is 222 g/mol. The summed E-state index contributed by atoms with van der Waals surface area (Å²) in [6.45, 7) is 6.61. The van der Waals surface area contributed by atoms with Gasteiger partial charge in [-0.3, -0.25) is 0 Å². The molecule has 2 aliphatic carbocycles. The molecule has 0 aromatic heterocycles. The fraction of sp³-hybridized carbons (Fsp3) is 0.867. The minimum Gasteiger partial charge on any atom is -0.389 e. The summed E-state index contributed by atoms with van der Waals surface area (Å²) in [5, 5.41) is 10.9. The standard InChI is InChI=1S/C15H26O/c1-4-15(16,5-2)14-8-6-7-13(11-14)9-12(3)10-14/h9,12,16H,4-8,10-11H2,1-3H3. The van der Waals surface area contributed by atoms with Crippen molar-refractivity contribution in [3.05, 3.63) is 11.6 Å². The molecule has 0 radical (unpaired) electrons. The second-order valence-electron chi connectivity index (χ2n) is 6.06. The Morgan fingerprint density at radius 1 is 1.44 bits per heavy atom. The second-order valence-corrected chi connectivity index (χ2v) is 6.06. The SMILES string of the molecule is CCC(O)(CC)C12CCCC(=CC(C)C1)C2. The van der Waals surface area contributed by atoms with Gasteiger partial charge in [-0.25, -0.2) is 0 Å². The van der Waals surface area contributed by atoms with E-state index in [2.05, 4.69) is 26.8 Å². The first-order valence-electron chi connectivity index (χ1n) is 6.97. The van der Waals surface area contributed by atoms with Crippen LogP contribution in [0.1, 0.15) is 65.7 Å². The molecule has 0 spiro atoms. The Balaban J connectivity index is 2.33. The number of rotatable bonds is 3. The monoisotopic (exact) mass is 222 g/mol. The lowest BCUT2D eigenvalue weighted by Crippen LogP contribution is -2.51. The van der Waals surface area contributed by atoms with Crippen molar-refractivity contribution < 1.29 is 5.11 Å². The number of hydrogen-bond acceptors (Lipinski definition) is 1. The zero-order valence-electron chi connectivity index (χ0n) is 11.1. The summed E-state index contributed by atoms with van der Waals surface area (Å²) in [5.74, 6) is 0.661. The van der Waals surface area contributed by atoms with Crippen LogP contribution in [0.2, 0.25) is 0 Å². The van der Waals surface area contributed by atoms with E-state index in [1.54, 1.807) is 5.57 Å². The molecule has 1 saturated carbocycles. The van der Waals surface area contributed by atoms with Crippen LogP contribution in [-0.4, -0.2) is 10.7 Å². The molecule has 0 heterocycles. The smallest absolute Gasteiger partial charge is 0.0701 e. The molecule has 0 saturated heterocycles. The highest BCUT2D eigenvalue weighted by Gasteiger charge is 2.50. The van der Waals surface area contributed by atoms with Gasteiger partial charge in [0.2, 0.25) is 0 Å². The van der Waals surface area contributed by atoms with E-state index in [4.69, 9.17) is 0 Å². The Morgan fingerprint density at radius 2 is 2.12 bits per heavy atom. The Kier molecular flexibility index (Phi) is 3.18. The van der Waals surface area contributed by atoms with Crippen LogP contribution in [0.4, 0.5) is 0 Å². The van der Waals surface area contributed by atoms with Gasteiger partial charge in [-0.15, -0.1) is 0 Å². The van der Waals surface area contributed by atoms with E-state index in [0.29, 0.717) is 5.92 Å². The van der Waals surface area contributed by atoms with Crippen molar-refractivity contribution >= 4 is 0 Å². The summed E-state index contributed by atoms with van der Waals surface area (Å²) < 4.78 is 0. The Labute approximate surface area is 99.9 Å². The molecule has 0 aromatic carbocycles. The Bertz CT molecular complexity index is 288. The van der Waals surface area contributed by atoms with Crippen molar-refractivity contribution in [3.8, 4) is 0 Å². The number of hydrogen-bond donors (Lipinski definition) is 1. The van der Waals surface area contributed by atoms with Gasteiger partial charge in [0, 0.05) is 5.41 Å². The van der Waals surface area contributed by atoms with E-state index in [9.17, 15) is 5.11 Å². The fourth-order valence-corrected chi connectivity index (χ4v) is 4.25. The van der Waals surface area contributed by atoms with E-state index < -0.39 is 5.60 Å². The molecular formula is C15H26O. The lowest BCUT2D eigenvalue weighted by molar-refractivity contribution is -0.114. The molecule has 2 aliphatic rings. The van der Waals surface area contributed by atoms with Crippen LogP contribution in [0.25, 0.3) is 0 Å². The summed E-state index contributed by atoms with van der Waals surface area (Å²) in [4.78, 5) is 0. The van der Waals surface area contributed by atoms with Crippen molar-refractivity contribution in [2.45, 2.75) is 71.3 Å². The van der Waals surface area contributed by atoms with Crippen molar-refractivity contribution in [2.24, 2.45) is 11.3 Å². The number of aliphatic hydroxyl groups is 1. The maximum absolute atomic E-state index is 10.9. The van der Waals surface area contributed by atoms with Crippen LogP contribution in [0.15, 0.2) is 11.6 Å². The molecule has 0 aromatic rings. The highest BCUT2D eigenvalue weighted by atomic mass is 16.3. The Morgan fingerprint density at radius 3 is 2.75 bits per heavy atom. The summed E-state index contributed by atoms with van der Waals surface area (Å²) >= 11 is 0. The molecule has 2 unspecified atom stereocenters. The number of fused-ring (bicyclic) bond motifs is 2. The molecule has 2 bridgehead atoms. The first-order chi connectivity index (χ1) is 7.55. The maximum atomic E-state index is 10.9. The third-order valence-electron chi connectivity index (χ3n) is 5.11. The minimum absolute atomic E-state index is 0.193. The molecule has 0 aliphatic heterocycles. The number of allylic oxidation sites excluding steroid dienone is 2. The van der Waals surface area contributed by atoms with E-state index in [1.165, 1.54) is 25.7 Å². The normalized spacial score (nSPS) is 34.8. The zero-order valence-corrected chi connectivity index (χ0v) is 11.1. The highest BCUT2D eigenvalue weighted by Crippen LogP contribution is 2.55. The van der Waals surface area contributed by atoms with Gasteiger partial charge >= 0.3 is 0 Å². The summed E-state index contributed by atoms with van der Waals surface area (Å²) in [5.41, 5.74) is 1.38. The largest absolute Gasteiger partial charge is 0.389 e. The molecule has 1 nitrogen and oxygen atoms in total. The van der Waals surface area contributed by atoms with Gasteiger partial charge in [-0.05, 0) is 50.9 Å². The topological polar surface area (TPSA) is 20.2 Å². The second kappa shape index (κ2) is 4.18. The minimum atomic E-state index is -0.429. The third kappa shape index (κ3) is 1.73. The van der Waals surface area contributed by atoms with E-state index in [0.717, 1.165) is 19.3 Å². The quantitative estimate of drug-likeness (QED) is 0.714. The van der Waals surface area contributed by atoms with E-state index in [-0.39, 0.29) is 5.41 Å². The maximum Gasteiger partial charge on any atom is 0.0701 e.